The average molecular weight is 799 g/mol. The van der Waals surface area contributed by atoms with Crippen molar-refractivity contribution < 1.29 is 28.3 Å². The minimum atomic E-state index is -1.09. The Hall–Kier alpha value is -6.26. The number of fused-ring (bicyclic) bond motifs is 2. The zero-order valence-corrected chi connectivity index (χ0v) is 32.3. The summed E-state index contributed by atoms with van der Waals surface area (Å²) in [7, 11) is 0. The summed E-state index contributed by atoms with van der Waals surface area (Å²) in [5, 5.41) is 8.06. The number of carbonyl (C=O) groups excluding carboxylic acids is 4. The summed E-state index contributed by atoms with van der Waals surface area (Å²) >= 11 is 0. The van der Waals surface area contributed by atoms with Gasteiger partial charge in [0.1, 0.15) is 41.2 Å². The van der Waals surface area contributed by atoms with E-state index in [4.69, 9.17) is 15.6 Å². The Labute approximate surface area is 338 Å². The Bertz CT molecular complexity index is 2470. The number of benzene rings is 3. The number of ether oxygens (including phenoxy) is 1. The van der Waals surface area contributed by atoms with E-state index in [0.717, 1.165) is 96.6 Å². The summed E-state index contributed by atoms with van der Waals surface area (Å²) in [6, 6.07) is 19.9. The largest absolute Gasteiger partial charge is 0.457 e. The molecule has 0 radical (unpaired) electrons. The monoisotopic (exact) mass is 798 g/mol. The fourth-order valence-corrected chi connectivity index (χ4v) is 9.50. The highest BCUT2D eigenvalue weighted by Gasteiger charge is 2.46. The van der Waals surface area contributed by atoms with Crippen LogP contribution in [0.25, 0.3) is 22.3 Å². The molecule has 1 unspecified atom stereocenters. The molecule has 16 heteroatoms. The van der Waals surface area contributed by atoms with Gasteiger partial charge in [-0.05, 0) is 80.6 Å². The molecule has 3 saturated heterocycles. The van der Waals surface area contributed by atoms with Gasteiger partial charge in [0.25, 0.3) is 11.8 Å². The zero-order chi connectivity index (χ0) is 40.4. The topological polar surface area (TPSA) is 172 Å². The molecule has 1 saturated carbocycles. The molecule has 10 rings (SSSR count). The molecule has 0 spiro atoms. The van der Waals surface area contributed by atoms with E-state index in [-0.39, 0.29) is 41.7 Å². The lowest BCUT2D eigenvalue weighted by atomic mass is 9.89. The predicted octanol–water partition coefficient (Wildman–Crippen LogP) is 4.40. The van der Waals surface area contributed by atoms with Gasteiger partial charge in [0.15, 0.2) is 5.65 Å². The SMILES string of the molecule is Nc1ncnc2c1c(-c1ccc(Oc3ccccc3)cc1)nn2[C@H]1CC[C@H](N2CCN(C3CN(c4cc5c(cc4F)C(=O)N(C4CCC(=O)NC4=O)C5=O)C3)CC2)CC1. The van der Waals surface area contributed by atoms with Crippen molar-refractivity contribution >= 4 is 46.2 Å². The number of anilines is 2. The molecule has 4 fully saturated rings. The number of rotatable bonds is 8. The number of imide groups is 2. The first-order chi connectivity index (χ1) is 28.7. The van der Waals surface area contributed by atoms with Crippen LogP contribution in [-0.2, 0) is 9.59 Å². The smallest absolute Gasteiger partial charge is 0.262 e. The Morgan fingerprint density at radius 2 is 1.39 bits per heavy atom. The first-order valence-electron chi connectivity index (χ1n) is 20.3. The number of nitrogens with two attached hydrogens (primary N) is 1. The molecule has 5 aliphatic rings. The molecule has 4 aliphatic heterocycles. The van der Waals surface area contributed by atoms with E-state index in [1.165, 1.54) is 12.4 Å². The highest BCUT2D eigenvalue weighted by atomic mass is 19.1. The molecule has 1 atom stereocenters. The number of aromatic nitrogens is 4. The molecule has 1 aliphatic carbocycles. The van der Waals surface area contributed by atoms with Crippen LogP contribution in [0.15, 0.2) is 73.1 Å². The van der Waals surface area contributed by atoms with E-state index in [1.807, 2.05) is 59.5 Å². The van der Waals surface area contributed by atoms with Gasteiger partial charge in [-0.2, -0.15) is 5.10 Å². The van der Waals surface area contributed by atoms with Gasteiger partial charge in [0.2, 0.25) is 11.8 Å². The number of piperazine rings is 1. The summed E-state index contributed by atoms with van der Waals surface area (Å²) in [5.41, 5.74) is 9.17. The van der Waals surface area contributed by atoms with Gasteiger partial charge in [-0.1, -0.05) is 18.2 Å². The number of hydrogen-bond acceptors (Lipinski definition) is 12. The standard InChI is InChI=1S/C43H43FN10O5/c44-33-20-31-32(43(58)53(42(31)57)34-14-15-36(55)48-41(34)56)21-35(33)52-22-28(23-52)51-18-16-50(17-19-51)26-8-10-27(11-9-26)54-40-37(39(45)46-24-47-40)38(49-54)25-6-12-30(13-7-25)59-29-4-2-1-3-5-29/h1-7,12-13,20-21,24,26-28,34H,8-11,14-19,22-23H2,(H2,45,46,47)(H,48,55,56)/t26-,27-,34?. The number of nitrogens with zero attached hydrogens (tertiary/aromatic N) is 8. The van der Waals surface area contributed by atoms with Gasteiger partial charge < -0.3 is 15.4 Å². The number of hydrogen-bond donors (Lipinski definition) is 2. The van der Waals surface area contributed by atoms with Crippen molar-refractivity contribution in [1.82, 2.24) is 39.8 Å². The van der Waals surface area contributed by atoms with E-state index in [0.29, 0.717) is 24.9 Å². The van der Waals surface area contributed by atoms with Crippen molar-refractivity contribution in [2.24, 2.45) is 0 Å². The van der Waals surface area contributed by atoms with Crippen LogP contribution in [0.2, 0.25) is 0 Å². The Morgan fingerprint density at radius 3 is 2.08 bits per heavy atom. The van der Waals surface area contributed by atoms with E-state index >= 15 is 4.39 Å². The lowest BCUT2D eigenvalue weighted by molar-refractivity contribution is -0.136. The van der Waals surface area contributed by atoms with E-state index in [9.17, 15) is 19.2 Å². The first-order valence-corrected chi connectivity index (χ1v) is 20.3. The molecule has 302 valence electrons. The molecular formula is C43H43FN10O5. The van der Waals surface area contributed by atoms with Crippen molar-refractivity contribution in [3.63, 3.8) is 0 Å². The van der Waals surface area contributed by atoms with E-state index in [1.54, 1.807) is 0 Å². The first kappa shape index (κ1) is 37.0. The summed E-state index contributed by atoms with van der Waals surface area (Å²) in [6.45, 7) is 4.95. The van der Waals surface area contributed by atoms with E-state index in [2.05, 4.69) is 29.8 Å². The highest BCUT2D eigenvalue weighted by Crippen LogP contribution is 2.39. The van der Waals surface area contributed by atoms with Crippen molar-refractivity contribution in [2.75, 3.05) is 49.9 Å². The van der Waals surface area contributed by atoms with Gasteiger partial charge in [0, 0.05) is 63.3 Å². The maximum atomic E-state index is 15.4. The average Bonchev–Trinajstić information content (AvgIpc) is 3.73. The van der Waals surface area contributed by atoms with Crippen molar-refractivity contribution in [1.29, 1.82) is 0 Å². The third-order valence-electron chi connectivity index (χ3n) is 12.7. The van der Waals surface area contributed by atoms with Crippen LogP contribution in [-0.4, -0.2) is 115 Å². The van der Waals surface area contributed by atoms with Crippen molar-refractivity contribution in [3.05, 3.63) is 90.0 Å². The molecule has 6 heterocycles. The molecule has 3 aromatic carbocycles. The molecule has 2 aromatic heterocycles. The second-order valence-corrected chi connectivity index (χ2v) is 16.1. The van der Waals surface area contributed by atoms with Crippen molar-refractivity contribution in [3.8, 4) is 22.8 Å². The van der Waals surface area contributed by atoms with Crippen molar-refractivity contribution in [2.45, 2.75) is 62.7 Å². The zero-order valence-electron chi connectivity index (χ0n) is 32.3. The fraction of sp³-hybridized carbons (Fsp3) is 0.372. The van der Waals surface area contributed by atoms with Gasteiger partial charge in [-0.15, -0.1) is 0 Å². The number of nitrogens with one attached hydrogen (secondary N) is 1. The lowest BCUT2D eigenvalue weighted by Gasteiger charge is -2.50. The van der Waals surface area contributed by atoms with Gasteiger partial charge in [0.05, 0.1) is 28.2 Å². The van der Waals surface area contributed by atoms with Crippen LogP contribution in [0.1, 0.15) is 65.3 Å². The quantitative estimate of drug-likeness (QED) is 0.213. The highest BCUT2D eigenvalue weighted by molar-refractivity contribution is 6.23. The molecule has 3 N–H and O–H groups in total. The maximum absolute atomic E-state index is 15.4. The van der Waals surface area contributed by atoms with Gasteiger partial charge >= 0.3 is 0 Å². The predicted molar refractivity (Wildman–Crippen MR) is 215 cm³/mol. The third-order valence-corrected chi connectivity index (χ3v) is 12.7. The Balaban J connectivity index is 0.740. The molecular weight excluding hydrogens is 756 g/mol. The number of piperidine rings is 1. The number of amides is 4. The summed E-state index contributed by atoms with van der Waals surface area (Å²) < 4.78 is 23.5. The summed E-state index contributed by atoms with van der Waals surface area (Å²) in [5.74, 6) is -1.16. The third kappa shape index (κ3) is 6.65. The molecule has 59 heavy (non-hydrogen) atoms. The van der Waals surface area contributed by atoms with Crippen LogP contribution < -0.4 is 20.7 Å². The normalized spacial score (nSPS) is 23.1. The number of carbonyl (C=O) groups is 4. The molecule has 4 amide bonds. The molecule has 0 bridgehead atoms. The lowest BCUT2D eigenvalue weighted by Crippen LogP contribution is -2.64. The minimum absolute atomic E-state index is 0.0229. The van der Waals surface area contributed by atoms with Crippen LogP contribution in [0.4, 0.5) is 15.9 Å². The fourth-order valence-electron chi connectivity index (χ4n) is 9.50. The minimum Gasteiger partial charge on any atom is -0.457 e. The summed E-state index contributed by atoms with van der Waals surface area (Å²) in [6.07, 6.45) is 5.61. The second kappa shape index (κ2) is 14.8. The summed E-state index contributed by atoms with van der Waals surface area (Å²) in [4.78, 5) is 67.3. The van der Waals surface area contributed by atoms with Crippen LogP contribution in [0, 0.1) is 5.82 Å². The van der Waals surface area contributed by atoms with Crippen LogP contribution in [0.5, 0.6) is 11.5 Å². The Kier molecular flexibility index (Phi) is 9.32. The maximum Gasteiger partial charge on any atom is 0.262 e. The molecule has 15 nitrogen and oxygen atoms in total. The Morgan fingerprint density at radius 1 is 0.746 bits per heavy atom. The van der Waals surface area contributed by atoms with E-state index < -0.39 is 35.5 Å². The molecule has 5 aromatic rings. The van der Waals surface area contributed by atoms with Crippen LogP contribution >= 0.6 is 0 Å². The second-order valence-electron chi connectivity index (χ2n) is 16.1. The van der Waals surface area contributed by atoms with Gasteiger partial charge in [-0.25, -0.2) is 19.0 Å². The number of nitrogen functional groups attached to an aromatic ring is 1. The van der Waals surface area contributed by atoms with Crippen LogP contribution in [0.3, 0.4) is 0 Å². The number of halogens is 1. The number of para-hydroxylation sites is 1. The van der Waals surface area contributed by atoms with Gasteiger partial charge in [-0.3, -0.25) is 39.2 Å².